The van der Waals surface area contributed by atoms with Gasteiger partial charge in [-0.1, -0.05) is 26.0 Å². The zero-order chi connectivity index (χ0) is 13.7. The van der Waals surface area contributed by atoms with E-state index in [0.29, 0.717) is 18.9 Å². The standard InChI is InChI=1S/C15H21NO3/c1-11(2)9-15(17)16-13-5-3-4-6-14(13)19-12-7-8-18-10-12/h3-6,11-12H,7-10H2,1-2H3,(H,16,17)/t12-/m0/s1. The molecular formula is C15H21NO3. The van der Waals surface area contributed by atoms with Gasteiger partial charge in [-0.25, -0.2) is 0 Å². The molecule has 0 aromatic heterocycles. The van der Waals surface area contributed by atoms with Gasteiger partial charge < -0.3 is 14.8 Å². The van der Waals surface area contributed by atoms with E-state index < -0.39 is 0 Å². The number of benzene rings is 1. The van der Waals surface area contributed by atoms with E-state index >= 15 is 0 Å². The van der Waals surface area contributed by atoms with Crippen molar-refractivity contribution in [2.24, 2.45) is 5.92 Å². The zero-order valence-corrected chi connectivity index (χ0v) is 11.5. The highest BCUT2D eigenvalue weighted by Crippen LogP contribution is 2.26. The van der Waals surface area contributed by atoms with Crippen molar-refractivity contribution in [2.75, 3.05) is 18.5 Å². The Kier molecular flexibility index (Phi) is 4.80. The van der Waals surface area contributed by atoms with E-state index in [-0.39, 0.29) is 12.0 Å². The van der Waals surface area contributed by atoms with Crippen molar-refractivity contribution in [1.29, 1.82) is 0 Å². The SMILES string of the molecule is CC(C)CC(=O)Nc1ccccc1O[C@H]1CCOC1. The second kappa shape index (κ2) is 6.57. The summed E-state index contributed by atoms with van der Waals surface area (Å²) in [6.07, 6.45) is 1.50. The van der Waals surface area contributed by atoms with E-state index in [0.717, 1.165) is 24.5 Å². The average molecular weight is 263 g/mol. The minimum atomic E-state index is 0.0220. The Labute approximate surface area is 114 Å². The van der Waals surface area contributed by atoms with Crippen LogP contribution in [0.2, 0.25) is 0 Å². The molecule has 1 aromatic carbocycles. The molecule has 1 aliphatic rings. The van der Waals surface area contributed by atoms with Crippen molar-refractivity contribution in [3.63, 3.8) is 0 Å². The van der Waals surface area contributed by atoms with Gasteiger partial charge in [0.15, 0.2) is 0 Å². The van der Waals surface area contributed by atoms with Gasteiger partial charge in [0, 0.05) is 12.8 Å². The van der Waals surface area contributed by atoms with Crippen LogP contribution >= 0.6 is 0 Å². The smallest absolute Gasteiger partial charge is 0.224 e. The molecule has 1 N–H and O–H groups in total. The van der Waals surface area contributed by atoms with Crippen LogP contribution < -0.4 is 10.1 Å². The highest BCUT2D eigenvalue weighted by Gasteiger charge is 2.19. The number of hydrogen-bond donors (Lipinski definition) is 1. The monoisotopic (exact) mass is 263 g/mol. The first-order chi connectivity index (χ1) is 9.15. The van der Waals surface area contributed by atoms with Gasteiger partial charge in [-0.3, -0.25) is 4.79 Å². The molecule has 0 saturated carbocycles. The van der Waals surface area contributed by atoms with E-state index in [4.69, 9.17) is 9.47 Å². The molecule has 1 aromatic rings. The summed E-state index contributed by atoms with van der Waals surface area (Å²) in [5.41, 5.74) is 0.736. The Bertz CT molecular complexity index is 425. The maximum Gasteiger partial charge on any atom is 0.224 e. The summed E-state index contributed by atoms with van der Waals surface area (Å²) in [5, 5.41) is 2.91. The number of carbonyl (C=O) groups is 1. The maximum absolute atomic E-state index is 11.8. The molecule has 0 unspecified atom stereocenters. The van der Waals surface area contributed by atoms with E-state index in [9.17, 15) is 4.79 Å². The highest BCUT2D eigenvalue weighted by atomic mass is 16.5. The van der Waals surface area contributed by atoms with Gasteiger partial charge in [-0.15, -0.1) is 0 Å². The summed E-state index contributed by atoms with van der Waals surface area (Å²) in [6.45, 7) is 5.41. The molecule has 1 atom stereocenters. The van der Waals surface area contributed by atoms with Gasteiger partial charge in [-0.05, 0) is 18.1 Å². The summed E-state index contributed by atoms with van der Waals surface area (Å²) in [7, 11) is 0. The fourth-order valence-corrected chi connectivity index (χ4v) is 2.03. The molecule has 4 nitrogen and oxygen atoms in total. The normalized spacial score (nSPS) is 18.6. The molecule has 1 saturated heterocycles. The van der Waals surface area contributed by atoms with Crippen LogP contribution in [0.5, 0.6) is 5.75 Å². The van der Waals surface area contributed by atoms with Crippen LogP contribution in [0.3, 0.4) is 0 Å². The maximum atomic E-state index is 11.8. The van der Waals surface area contributed by atoms with Crippen LogP contribution in [0.15, 0.2) is 24.3 Å². The minimum Gasteiger partial charge on any atom is -0.486 e. The predicted molar refractivity (Wildman–Crippen MR) is 74.4 cm³/mol. The highest BCUT2D eigenvalue weighted by molar-refractivity contribution is 5.92. The Morgan fingerprint density at radius 2 is 2.26 bits per heavy atom. The average Bonchev–Trinajstić information content (AvgIpc) is 2.83. The van der Waals surface area contributed by atoms with E-state index in [1.54, 1.807) is 0 Å². The lowest BCUT2D eigenvalue weighted by Gasteiger charge is -2.16. The van der Waals surface area contributed by atoms with Gasteiger partial charge in [0.05, 0.1) is 18.9 Å². The molecule has 19 heavy (non-hydrogen) atoms. The number of anilines is 1. The molecule has 4 heteroatoms. The topological polar surface area (TPSA) is 47.6 Å². The van der Waals surface area contributed by atoms with Crippen molar-refractivity contribution in [3.8, 4) is 5.75 Å². The Hall–Kier alpha value is -1.55. The molecular weight excluding hydrogens is 242 g/mol. The van der Waals surface area contributed by atoms with Crippen molar-refractivity contribution in [3.05, 3.63) is 24.3 Å². The second-order valence-electron chi connectivity index (χ2n) is 5.25. The summed E-state index contributed by atoms with van der Waals surface area (Å²) < 4.78 is 11.2. The third-order valence-corrected chi connectivity index (χ3v) is 2.94. The number of carbonyl (C=O) groups excluding carboxylic acids is 1. The fraction of sp³-hybridized carbons (Fsp3) is 0.533. The van der Waals surface area contributed by atoms with Crippen LogP contribution in [0, 0.1) is 5.92 Å². The summed E-state index contributed by atoms with van der Waals surface area (Å²) in [6, 6.07) is 7.54. The number of hydrogen-bond acceptors (Lipinski definition) is 3. The van der Waals surface area contributed by atoms with E-state index in [1.165, 1.54) is 0 Å². The minimum absolute atomic E-state index is 0.0220. The molecule has 0 spiro atoms. The number of nitrogens with one attached hydrogen (secondary N) is 1. The van der Waals surface area contributed by atoms with Crippen LogP contribution in [-0.2, 0) is 9.53 Å². The van der Waals surface area contributed by atoms with E-state index in [1.807, 2.05) is 38.1 Å². The van der Waals surface area contributed by atoms with Gasteiger partial charge >= 0.3 is 0 Å². The molecule has 1 fully saturated rings. The van der Waals surface area contributed by atoms with Gasteiger partial charge in [0.25, 0.3) is 0 Å². The van der Waals surface area contributed by atoms with Crippen LogP contribution in [0.25, 0.3) is 0 Å². The summed E-state index contributed by atoms with van der Waals surface area (Å²) in [5.74, 6) is 1.08. The molecule has 104 valence electrons. The molecule has 1 heterocycles. The lowest BCUT2D eigenvalue weighted by atomic mass is 10.1. The molecule has 0 radical (unpaired) electrons. The zero-order valence-electron chi connectivity index (χ0n) is 11.5. The van der Waals surface area contributed by atoms with Crippen LogP contribution in [0.1, 0.15) is 26.7 Å². The summed E-state index contributed by atoms with van der Waals surface area (Å²) in [4.78, 5) is 11.8. The van der Waals surface area contributed by atoms with Crippen LogP contribution in [0.4, 0.5) is 5.69 Å². The number of ether oxygens (including phenoxy) is 2. The number of amides is 1. The quantitative estimate of drug-likeness (QED) is 0.888. The van der Waals surface area contributed by atoms with Gasteiger partial charge in [0.2, 0.25) is 5.91 Å². The molecule has 2 rings (SSSR count). The first kappa shape index (κ1) is 13.9. The molecule has 1 aliphatic heterocycles. The third kappa shape index (κ3) is 4.24. The Morgan fingerprint density at radius 1 is 1.47 bits per heavy atom. The van der Waals surface area contributed by atoms with E-state index in [2.05, 4.69) is 5.32 Å². The first-order valence-electron chi connectivity index (χ1n) is 6.78. The van der Waals surface area contributed by atoms with Crippen molar-refractivity contribution in [1.82, 2.24) is 0 Å². The molecule has 0 bridgehead atoms. The Morgan fingerprint density at radius 3 is 2.95 bits per heavy atom. The number of para-hydroxylation sites is 2. The lowest BCUT2D eigenvalue weighted by Crippen LogP contribution is -2.18. The third-order valence-electron chi connectivity index (χ3n) is 2.94. The van der Waals surface area contributed by atoms with Crippen molar-refractivity contribution in [2.45, 2.75) is 32.8 Å². The largest absolute Gasteiger partial charge is 0.486 e. The van der Waals surface area contributed by atoms with Gasteiger partial charge in [0.1, 0.15) is 11.9 Å². The Balaban J connectivity index is 2.00. The van der Waals surface area contributed by atoms with Crippen molar-refractivity contribution >= 4 is 11.6 Å². The summed E-state index contributed by atoms with van der Waals surface area (Å²) >= 11 is 0. The fourth-order valence-electron chi connectivity index (χ4n) is 2.03. The number of rotatable bonds is 5. The van der Waals surface area contributed by atoms with Crippen LogP contribution in [-0.4, -0.2) is 25.2 Å². The lowest BCUT2D eigenvalue weighted by molar-refractivity contribution is -0.116. The van der Waals surface area contributed by atoms with Crippen molar-refractivity contribution < 1.29 is 14.3 Å². The predicted octanol–water partition coefficient (Wildman–Crippen LogP) is 2.84. The second-order valence-corrected chi connectivity index (χ2v) is 5.25. The van der Waals surface area contributed by atoms with Gasteiger partial charge in [-0.2, -0.15) is 0 Å². The molecule has 0 aliphatic carbocycles. The molecule has 1 amide bonds. The first-order valence-corrected chi connectivity index (χ1v) is 6.78.